The molecule has 0 aromatic heterocycles. The normalized spacial score (nSPS) is 13.6. The number of fused-ring (bicyclic) bond motifs is 4. The summed E-state index contributed by atoms with van der Waals surface area (Å²) in [7, 11) is 0. The van der Waals surface area contributed by atoms with Gasteiger partial charge in [0.25, 0.3) is 6.71 Å². The van der Waals surface area contributed by atoms with Crippen LogP contribution in [0.3, 0.4) is 0 Å². The summed E-state index contributed by atoms with van der Waals surface area (Å²) in [6.07, 6.45) is 6.73. The minimum Gasteiger partial charge on any atom is -0.315 e. The van der Waals surface area contributed by atoms with Crippen LogP contribution in [0.4, 0.5) is 45.5 Å². The Morgan fingerprint density at radius 3 is 1.82 bits per heavy atom. The van der Waals surface area contributed by atoms with E-state index in [1.54, 1.807) is 0 Å². The van der Waals surface area contributed by atoms with Gasteiger partial charge in [-0.3, -0.25) is 0 Å². The molecule has 0 amide bonds. The van der Waals surface area contributed by atoms with Gasteiger partial charge in [-0.15, -0.1) is 0 Å². The van der Waals surface area contributed by atoms with Gasteiger partial charge in [0.1, 0.15) is 0 Å². The second kappa shape index (κ2) is 15.2. The summed E-state index contributed by atoms with van der Waals surface area (Å²) in [4.78, 5) is 7.62. The first-order valence-electron chi connectivity index (χ1n) is 21.8. The lowest BCUT2D eigenvalue weighted by Gasteiger charge is -2.46. The minimum atomic E-state index is 0.0305. The third-order valence-corrected chi connectivity index (χ3v) is 12.8. The van der Waals surface area contributed by atoms with Crippen molar-refractivity contribution in [1.29, 1.82) is 0 Å². The summed E-state index contributed by atoms with van der Waals surface area (Å²) < 4.78 is 0. The molecule has 0 bridgehead atoms. The van der Waals surface area contributed by atoms with Crippen molar-refractivity contribution in [3.63, 3.8) is 0 Å². The van der Waals surface area contributed by atoms with Crippen molar-refractivity contribution in [2.45, 2.75) is 40.5 Å². The maximum absolute atomic E-state index is 3.40. The van der Waals surface area contributed by atoms with E-state index in [0.717, 1.165) is 57.8 Å². The van der Waals surface area contributed by atoms with Crippen molar-refractivity contribution < 1.29 is 0 Å². The second-order valence-electron chi connectivity index (χ2n) is 17.0. The molecule has 0 N–H and O–H groups in total. The molecular weight excluding hydrogens is 749 g/mol. The molecule has 0 radical (unpaired) electrons. The zero-order chi connectivity index (χ0) is 41.9. The van der Waals surface area contributed by atoms with Gasteiger partial charge in [-0.2, -0.15) is 0 Å². The standard InChI is InChI=1S/C58H46BN3/c1-39-17-15-23-45(33-39)60-54-35-41(3)29-31-50(54)59-51-32-30-42(4)36-55(51)61(46-24-16-18-40(2)34-46)57-38-47(37-56(60)58(57)59)62(52-27-13-11-25-48(52)43-19-7-5-8-20-43)53-28-14-12-26-49(53)44-21-9-6-10-22-44/h5-11,13,15,17-23,25-38H,16,24H2,1-4H3. The van der Waals surface area contributed by atoms with Crippen molar-refractivity contribution in [2.24, 2.45) is 0 Å². The van der Waals surface area contributed by atoms with Crippen LogP contribution in [0.1, 0.15) is 36.5 Å². The van der Waals surface area contributed by atoms with E-state index in [2.05, 4.69) is 237 Å². The number of rotatable bonds is 7. The summed E-state index contributed by atoms with van der Waals surface area (Å²) in [5, 5.41) is 0. The minimum absolute atomic E-state index is 0.0305. The number of anilines is 8. The van der Waals surface area contributed by atoms with Crippen LogP contribution in [0.5, 0.6) is 0 Å². The lowest BCUT2D eigenvalue weighted by Crippen LogP contribution is -2.61. The predicted octanol–water partition coefficient (Wildman–Crippen LogP) is 13.4. The molecule has 8 aromatic carbocycles. The number of para-hydroxylation sites is 1. The van der Waals surface area contributed by atoms with Crippen LogP contribution in [-0.4, -0.2) is 6.71 Å². The Morgan fingerprint density at radius 1 is 0.516 bits per heavy atom. The molecule has 2 heterocycles. The molecule has 3 aliphatic rings. The molecule has 3 nitrogen and oxygen atoms in total. The molecule has 4 heteroatoms. The number of hydrogen-bond acceptors (Lipinski definition) is 3. The summed E-state index contributed by atoms with van der Waals surface area (Å²) in [5.74, 6) is 0. The van der Waals surface area contributed by atoms with E-state index in [1.807, 2.05) is 0 Å². The molecule has 296 valence electrons. The van der Waals surface area contributed by atoms with E-state index in [-0.39, 0.29) is 6.71 Å². The lowest BCUT2D eigenvalue weighted by molar-refractivity contribution is 0.905. The van der Waals surface area contributed by atoms with Crippen molar-refractivity contribution in [3.05, 3.63) is 222 Å². The zero-order valence-electron chi connectivity index (χ0n) is 35.7. The zero-order valence-corrected chi connectivity index (χ0v) is 35.7. The van der Waals surface area contributed by atoms with Crippen molar-refractivity contribution in [2.75, 3.05) is 14.7 Å². The van der Waals surface area contributed by atoms with E-state index >= 15 is 0 Å². The molecule has 11 rings (SSSR count). The molecule has 0 fully saturated rings. The Kier molecular flexibility index (Phi) is 9.21. The smallest absolute Gasteiger partial charge is 0.252 e. The first kappa shape index (κ1) is 37.5. The van der Waals surface area contributed by atoms with Crippen molar-refractivity contribution in [1.82, 2.24) is 0 Å². The van der Waals surface area contributed by atoms with E-state index in [9.17, 15) is 0 Å². The van der Waals surface area contributed by atoms with E-state index in [0.29, 0.717) is 0 Å². The van der Waals surface area contributed by atoms with Gasteiger partial charge >= 0.3 is 0 Å². The largest absolute Gasteiger partial charge is 0.315 e. The van der Waals surface area contributed by atoms with Crippen LogP contribution < -0.4 is 31.1 Å². The van der Waals surface area contributed by atoms with Gasteiger partial charge in [0.15, 0.2) is 0 Å². The second-order valence-corrected chi connectivity index (χ2v) is 17.0. The van der Waals surface area contributed by atoms with Crippen LogP contribution in [0, 0.1) is 32.9 Å². The summed E-state index contributed by atoms with van der Waals surface area (Å²) in [6.45, 7) is 8.91. The topological polar surface area (TPSA) is 9.72 Å². The summed E-state index contributed by atoms with van der Waals surface area (Å²) in [6, 6.07) is 69.4. The highest BCUT2D eigenvalue weighted by Crippen LogP contribution is 2.50. The average Bonchev–Trinajstić information content (AvgIpc) is 3.30. The fourth-order valence-electron chi connectivity index (χ4n) is 10.0. The van der Waals surface area contributed by atoms with Gasteiger partial charge in [0.05, 0.1) is 17.1 Å². The molecule has 2 aliphatic heterocycles. The quantitative estimate of drug-likeness (QED) is 0.149. The third kappa shape index (κ3) is 6.32. The molecule has 62 heavy (non-hydrogen) atoms. The maximum atomic E-state index is 3.40. The molecule has 0 saturated heterocycles. The van der Waals surface area contributed by atoms with E-state index < -0.39 is 0 Å². The molecule has 0 saturated carbocycles. The highest BCUT2D eigenvalue weighted by molar-refractivity contribution is 7.00. The van der Waals surface area contributed by atoms with Gasteiger partial charge < -0.3 is 14.7 Å². The van der Waals surface area contributed by atoms with Gasteiger partial charge in [-0.1, -0.05) is 139 Å². The Hall–Kier alpha value is -7.48. The Bertz CT molecular complexity index is 3010. The number of nitrogens with zero attached hydrogens (tertiary/aromatic N) is 3. The maximum Gasteiger partial charge on any atom is 0.252 e. The third-order valence-electron chi connectivity index (χ3n) is 12.8. The number of hydrogen-bond donors (Lipinski definition) is 0. The van der Waals surface area contributed by atoms with Crippen LogP contribution in [0.25, 0.3) is 22.3 Å². The van der Waals surface area contributed by atoms with Crippen molar-refractivity contribution >= 4 is 68.6 Å². The van der Waals surface area contributed by atoms with Crippen LogP contribution in [0.15, 0.2) is 193 Å². The summed E-state index contributed by atoms with van der Waals surface area (Å²) >= 11 is 0. The van der Waals surface area contributed by atoms with E-state index in [4.69, 9.17) is 0 Å². The van der Waals surface area contributed by atoms with Crippen LogP contribution in [-0.2, 0) is 0 Å². The molecule has 1 aliphatic carbocycles. The summed E-state index contributed by atoms with van der Waals surface area (Å²) in [5.41, 5.74) is 24.0. The molecule has 8 aromatic rings. The van der Waals surface area contributed by atoms with Crippen LogP contribution >= 0.6 is 0 Å². The fraction of sp³-hybridized carbons (Fsp3) is 0.103. The Labute approximate surface area is 366 Å². The molecule has 0 unspecified atom stereocenters. The monoisotopic (exact) mass is 795 g/mol. The Balaban J connectivity index is 1.29. The number of aryl methyl sites for hydroxylation is 3. The predicted molar refractivity (Wildman–Crippen MR) is 263 cm³/mol. The first-order chi connectivity index (χ1) is 30.4. The highest BCUT2D eigenvalue weighted by atomic mass is 15.2. The first-order valence-corrected chi connectivity index (χ1v) is 21.8. The van der Waals surface area contributed by atoms with Gasteiger partial charge in [0, 0.05) is 51.3 Å². The lowest BCUT2D eigenvalue weighted by atomic mass is 9.33. The van der Waals surface area contributed by atoms with E-state index in [1.165, 1.54) is 67.1 Å². The number of benzene rings is 7. The molecular formula is C58H46BN3. The van der Waals surface area contributed by atoms with Gasteiger partial charge in [-0.25, -0.2) is 0 Å². The Morgan fingerprint density at radius 2 is 1.13 bits per heavy atom. The van der Waals surface area contributed by atoms with Crippen LogP contribution in [0.2, 0.25) is 0 Å². The fourth-order valence-corrected chi connectivity index (χ4v) is 10.0. The SMILES string of the molecule is CC1=CCCC(N2c3cc(C)ccc3B3c4ccc(C)cc4N(c4cccc(C)c4)c4cc(N(c5cc#ccc5-c5ccccc5)c5ccccc5-c5ccccc5)cc2c43)=C1. The molecule has 0 atom stereocenters. The van der Waals surface area contributed by atoms with Gasteiger partial charge in [-0.05, 0) is 139 Å². The van der Waals surface area contributed by atoms with Crippen molar-refractivity contribution in [3.8, 4) is 22.3 Å². The number of allylic oxidation sites excluding steroid dienone is 4. The molecule has 0 spiro atoms. The van der Waals surface area contributed by atoms with Gasteiger partial charge in [0.2, 0.25) is 0 Å². The average molecular weight is 796 g/mol. The highest BCUT2D eigenvalue weighted by Gasteiger charge is 2.44.